The van der Waals surface area contributed by atoms with E-state index in [9.17, 15) is 19.2 Å². The number of carbonyl (C=O) groups excluding carboxylic acids is 4. The Morgan fingerprint density at radius 2 is 2.11 bits per heavy atom. The van der Waals surface area contributed by atoms with Crippen LogP contribution in [0.1, 0.15) is 49.0 Å². The number of carbonyl (C=O) groups is 4. The van der Waals surface area contributed by atoms with E-state index in [0.717, 1.165) is 30.2 Å². The van der Waals surface area contributed by atoms with E-state index in [1.807, 2.05) is 18.2 Å². The fraction of sp³-hybridized carbons (Fsp3) is 0.520. The summed E-state index contributed by atoms with van der Waals surface area (Å²) in [5, 5.41) is 6.29. The smallest absolute Gasteiger partial charge is 0.271 e. The minimum atomic E-state index is -0.969. The van der Waals surface area contributed by atoms with Gasteiger partial charge in [0.2, 0.25) is 17.7 Å². The molecule has 0 radical (unpaired) electrons. The van der Waals surface area contributed by atoms with Crippen LogP contribution in [0.2, 0.25) is 0 Å². The van der Waals surface area contributed by atoms with Crippen molar-refractivity contribution in [2.45, 2.75) is 50.6 Å². The first-order valence-corrected chi connectivity index (χ1v) is 12.1. The molecule has 1 unspecified atom stereocenters. The summed E-state index contributed by atoms with van der Waals surface area (Å²) in [6.45, 7) is 1.04. The van der Waals surface area contributed by atoms with Gasteiger partial charge in [0.1, 0.15) is 23.5 Å². The molecular formula is C25H31N5O5. The van der Waals surface area contributed by atoms with Gasteiger partial charge in [-0.3, -0.25) is 19.2 Å². The Kier molecular flexibility index (Phi) is 5.90. The lowest BCUT2D eigenvalue weighted by molar-refractivity contribution is -0.131. The Labute approximate surface area is 202 Å². The summed E-state index contributed by atoms with van der Waals surface area (Å²) in [5.74, 6) is -1.20. The summed E-state index contributed by atoms with van der Waals surface area (Å²) in [4.78, 5) is 55.9. The van der Waals surface area contributed by atoms with E-state index in [1.165, 1.54) is 0 Å². The maximum Gasteiger partial charge on any atom is 0.271 e. The molecule has 35 heavy (non-hydrogen) atoms. The first-order chi connectivity index (χ1) is 16.8. The number of nitrogens with zero attached hydrogens (tertiary/aromatic N) is 1. The van der Waals surface area contributed by atoms with Gasteiger partial charge in [-0.05, 0) is 55.7 Å². The molecule has 3 aliphatic rings. The van der Waals surface area contributed by atoms with Crippen LogP contribution in [0.15, 0.2) is 24.3 Å². The average Bonchev–Trinajstić information content (AvgIpc) is 3.54. The van der Waals surface area contributed by atoms with Crippen LogP contribution in [-0.4, -0.2) is 65.8 Å². The molecule has 2 aliphatic heterocycles. The fourth-order valence-electron chi connectivity index (χ4n) is 5.79. The van der Waals surface area contributed by atoms with Gasteiger partial charge in [0.05, 0.1) is 7.11 Å². The Morgan fingerprint density at radius 1 is 1.31 bits per heavy atom. The molecule has 2 saturated heterocycles. The molecule has 0 bridgehead atoms. The third-order valence-corrected chi connectivity index (χ3v) is 7.90. The molecule has 5 rings (SSSR count). The number of nitrogens with two attached hydrogens (primary N) is 1. The van der Waals surface area contributed by atoms with Crippen LogP contribution >= 0.6 is 0 Å². The van der Waals surface area contributed by atoms with Gasteiger partial charge >= 0.3 is 0 Å². The van der Waals surface area contributed by atoms with Gasteiger partial charge in [-0.15, -0.1) is 0 Å². The van der Waals surface area contributed by atoms with E-state index in [-0.39, 0.29) is 29.6 Å². The second kappa shape index (κ2) is 8.90. The molecule has 1 aromatic heterocycles. The van der Waals surface area contributed by atoms with Crippen LogP contribution in [0, 0.1) is 11.3 Å². The second-order valence-corrected chi connectivity index (χ2v) is 10.1. The number of hydrogen-bond acceptors (Lipinski definition) is 5. The minimum Gasteiger partial charge on any atom is -0.496 e. The van der Waals surface area contributed by atoms with Gasteiger partial charge in [0, 0.05) is 29.9 Å². The quantitative estimate of drug-likeness (QED) is 0.467. The normalized spacial score (nSPS) is 23.7. The lowest BCUT2D eigenvalue weighted by Crippen LogP contribution is -2.53. The number of amides is 4. The highest BCUT2D eigenvalue weighted by atomic mass is 16.5. The Hall–Kier alpha value is -3.56. The predicted octanol–water partition coefficient (Wildman–Crippen LogP) is 1.06. The fourth-order valence-corrected chi connectivity index (χ4v) is 5.79. The highest BCUT2D eigenvalue weighted by molar-refractivity contribution is 6.02. The van der Waals surface area contributed by atoms with Crippen molar-refractivity contribution in [3.8, 4) is 5.75 Å². The van der Waals surface area contributed by atoms with Crippen molar-refractivity contribution in [3.05, 3.63) is 30.0 Å². The number of methoxy groups -OCH3 is 1. The molecule has 1 aliphatic carbocycles. The molecule has 3 heterocycles. The van der Waals surface area contributed by atoms with Crippen molar-refractivity contribution >= 4 is 34.5 Å². The molecule has 10 nitrogen and oxygen atoms in total. The summed E-state index contributed by atoms with van der Waals surface area (Å²) in [6, 6.07) is 5.61. The summed E-state index contributed by atoms with van der Waals surface area (Å²) >= 11 is 0. The molecule has 2 aromatic rings. The molecule has 1 aromatic carbocycles. The number of nitrogens with one attached hydrogen (secondary N) is 3. The van der Waals surface area contributed by atoms with Gasteiger partial charge in [-0.1, -0.05) is 12.5 Å². The number of H-pyrrole nitrogens is 1. The summed E-state index contributed by atoms with van der Waals surface area (Å²) in [7, 11) is 1.58. The molecule has 4 amide bonds. The van der Waals surface area contributed by atoms with Crippen molar-refractivity contribution < 1.29 is 23.9 Å². The Balaban J connectivity index is 1.37. The Morgan fingerprint density at radius 3 is 2.74 bits per heavy atom. The highest BCUT2D eigenvalue weighted by Crippen LogP contribution is 2.50. The molecule has 10 heteroatoms. The first-order valence-electron chi connectivity index (χ1n) is 12.1. The predicted molar refractivity (Wildman–Crippen MR) is 127 cm³/mol. The Bertz CT molecular complexity index is 1190. The van der Waals surface area contributed by atoms with Crippen molar-refractivity contribution in [3.63, 3.8) is 0 Å². The zero-order valence-corrected chi connectivity index (χ0v) is 19.8. The number of aromatic nitrogens is 1. The lowest BCUT2D eigenvalue weighted by Gasteiger charge is -2.37. The van der Waals surface area contributed by atoms with Crippen LogP contribution in [0.4, 0.5) is 0 Å². The van der Waals surface area contributed by atoms with Gasteiger partial charge in [0.25, 0.3) is 5.91 Å². The third-order valence-electron chi connectivity index (χ3n) is 7.90. The molecule has 1 saturated carbocycles. The number of primary amides is 1. The first kappa shape index (κ1) is 23.2. The average molecular weight is 482 g/mol. The van der Waals surface area contributed by atoms with Crippen LogP contribution < -0.4 is 21.1 Å². The number of rotatable bonds is 7. The van der Waals surface area contributed by atoms with E-state index in [4.69, 9.17) is 10.5 Å². The third kappa shape index (κ3) is 4.21. The zero-order valence-electron chi connectivity index (χ0n) is 19.8. The van der Waals surface area contributed by atoms with Crippen molar-refractivity contribution in [2.75, 3.05) is 20.2 Å². The lowest BCUT2D eigenvalue weighted by atomic mass is 9.67. The van der Waals surface area contributed by atoms with Gasteiger partial charge < -0.3 is 31.0 Å². The summed E-state index contributed by atoms with van der Waals surface area (Å²) in [6.07, 6.45) is 4.29. The molecule has 1 spiro atoms. The number of likely N-dealkylation sites (tertiary alicyclic amines) is 1. The summed E-state index contributed by atoms with van der Waals surface area (Å²) in [5.41, 5.74) is 6.65. The summed E-state index contributed by atoms with van der Waals surface area (Å²) < 4.78 is 5.41. The van der Waals surface area contributed by atoms with E-state index >= 15 is 0 Å². The zero-order chi connectivity index (χ0) is 24.7. The second-order valence-electron chi connectivity index (χ2n) is 10.1. The van der Waals surface area contributed by atoms with Gasteiger partial charge in [0.15, 0.2) is 0 Å². The number of fused-ring (bicyclic) bond motifs is 1. The van der Waals surface area contributed by atoms with Crippen LogP contribution in [0.25, 0.3) is 10.9 Å². The largest absolute Gasteiger partial charge is 0.496 e. The highest BCUT2D eigenvalue weighted by Gasteiger charge is 2.52. The minimum absolute atomic E-state index is 0.0745. The van der Waals surface area contributed by atoms with E-state index in [0.29, 0.717) is 37.4 Å². The van der Waals surface area contributed by atoms with Crippen molar-refractivity contribution in [1.29, 1.82) is 0 Å². The molecule has 5 N–H and O–H groups in total. The molecule has 186 valence electrons. The number of benzene rings is 1. The molecule has 3 atom stereocenters. The van der Waals surface area contributed by atoms with Crippen LogP contribution in [-0.2, 0) is 14.4 Å². The van der Waals surface area contributed by atoms with E-state index in [1.54, 1.807) is 18.1 Å². The number of hydrogen-bond donors (Lipinski definition) is 4. The SMILES string of the molecule is COc1cccc2[nH]c(C(=O)N3CC4(CCC4)CC3C(=O)N[C@@H](C[C@@H]3CCNC3=O)C(N)=O)cc12. The van der Waals surface area contributed by atoms with Crippen LogP contribution in [0.5, 0.6) is 5.75 Å². The standard InChI is InChI=1S/C25H31N5O5/c1-35-20-5-2-4-16-15(20)11-18(28-16)24(34)30-13-25(7-3-8-25)12-19(30)23(33)29-17(21(26)31)10-14-6-9-27-22(14)32/h2,4-5,11,14,17,19,28H,3,6-10,12-13H2,1H3,(H2,26,31)(H,27,32)(H,29,33)/t14-,17-,19?/m0/s1. The molecule has 3 fully saturated rings. The maximum absolute atomic E-state index is 13.6. The number of aromatic amines is 1. The van der Waals surface area contributed by atoms with Gasteiger partial charge in [-0.25, -0.2) is 0 Å². The van der Waals surface area contributed by atoms with Crippen molar-refractivity contribution in [1.82, 2.24) is 20.5 Å². The number of ether oxygens (including phenoxy) is 1. The van der Waals surface area contributed by atoms with E-state index in [2.05, 4.69) is 15.6 Å². The van der Waals surface area contributed by atoms with E-state index < -0.39 is 23.9 Å². The maximum atomic E-state index is 13.6. The van der Waals surface area contributed by atoms with Crippen molar-refractivity contribution in [2.24, 2.45) is 17.1 Å². The van der Waals surface area contributed by atoms with Crippen LogP contribution in [0.3, 0.4) is 0 Å². The molecular weight excluding hydrogens is 450 g/mol. The van der Waals surface area contributed by atoms with Gasteiger partial charge in [-0.2, -0.15) is 0 Å². The monoisotopic (exact) mass is 481 g/mol. The topological polar surface area (TPSA) is 147 Å².